The Bertz CT molecular complexity index is 964. The minimum absolute atomic E-state index is 0.224. The summed E-state index contributed by atoms with van der Waals surface area (Å²) < 4.78 is 6.54. The molecule has 2 aromatic heterocycles. The van der Waals surface area contributed by atoms with Gasteiger partial charge in [-0.05, 0) is 31.0 Å². The maximum absolute atomic E-state index is 11.5. The van der Waals surface area contributed by atoms with Gasteiger partial charge in [0.1, 0.15) is 24.3 Å². The highest BCUT2D eigenvalue weighted by atomic mass is 16.5. The second-order valence-electron chi connectivity index (χ2n) is 5.59. The van der Waals surface area contributed by atoms with Crippen molar-refractivity contribution in [2.75, 3.05) is 12.3 Å². The number of carbonyl (C=O) groups is 2. The van der Waals surface area contributed by atoms with Gasteiger partial charge in [0.2, 0.25) is 0 Å². The predicted octanol–water partition coefficient (Wildman–Crippen LogP) is 1.75. The Morgan fingerprint density at radius 1 is 1.32 bits per heavy atom. The Balaban J connectivity index is 2.08. The van der Waals surface area contributed by atoms with E-state index in [-0.39, 0.29) is 18.9 Å². The van der Waals surface area contributed by atoms with Crippen LogP contribution in [0.1, 0.15) is 18.9 Å². The van der Waals surface area contributed by atoms with Gasteiger partial charge in [0.15, 0.2) is 0 Å². The Morgan fingerprint density at radius 3 is 2.84 bits per heavy atom. The summed E-state index contributed by atoms with van der Waals surface area (Å²) in [5.74, 6) is -0.928. The summed E-state index contributed by atoms with van der Waals surface area (Å²) in [5.41, 5.74) is 8.11. The van der Waals surface area contributed by atoms with Crippen molar-refractivity contribution in [3.63, 3.8) is 0 Å². The molecule has 0 saturated carbocycles. The molecule has 0 aliphatic carbocycles. The van der Waals surface area contributed by atoms with Gasteiger partial charge in [-0.1, -0.05) is 6.07 Å². The molecule has 0 aliphatic heterocycles. The van der Waals surface area contributed by atoms with Crippen LogP contribution in [0.5, 0.6) is 0 Å². The number of rotatable bonds is 6. The van der Waals surface area contributed by atoms with Crippen LogP contribution in [0.15, 0.2) is 24.5 Å². The van der Waals surface area contributed by atoms with E-state index in [0.717, 1.165) is 10.9 Å². The van der Waals surface area contributed by atoms with E-state index in [4.69, 9.17) is 10.5 Å². The fourth-order valence-corrected chi connectivity index (χ4v) is 2.92. The molecule has 3 N–H and O–H groups in total. The van der Waals surface area contributed by atoms with Crippen molar-refractivity contribution in [3.8, 4) is 0 Å². The first kappa shape index (κ1) is 16.7. The molecule has 3 rings (SSSR count). The SMILES string of the molecule is CCOC(=O)CCc1ccc2c(c1)c1c(N)ncnc1n2CC(=O)O. The smallest absolute Gasteiger partial charge is 0.323 e. The third-order valence-corrected chi connectivity index (χ3v) is 3.95. The van der Waals surface area contributed by atoms with Gasteiger partial charge in [-0.15, -0.1) is 0 Å². The maximum atomic E-state index is 11.5. The molecule has 0 fully saturated rings. The van der Waals surface area contributed by atoms with E-state index < -0.39 is 5.97 Å². The lowest BCUT2D eigenvalue weighted by atomic mass is 10.1. The average molecular weight is 342 g/mol. The van der Waals surface area contributed by atoms with Gasteiger partial charge >= 0.3 is 11.9 Å². The Hall–Kier alpha value is -3.16. The molecule has 8 heteroatoms. The zero-order valence-corrected chi connectivity index (χ0v) is 13.7. The molecule has 2 heterocycles. The van der Waals surface area contributed by atoms with E-state index in [1.54, 1.807) is 11.5 Å². The summed E-state index contributed by atoms with van der Waals surface area (Å²) in [6.45, 7) is 1.90. The monoisotopic (exact) mass is 342 g/mol. The number of nitrogens with two attached hydrogens (primary N) is 1. The van der Waals surface area contributed by atoms with Crippen molar-refractivity contribution in [2.24, 2.45) is 0 Å². The second kappa shape index (κ2) is 6.76. The first-order valence-corrected chi connectivity index (χ1v) is 7.90. The molecular formula is C17H18N4O4. The molecule has 130 valence electrons. The van der Waals surface area contributed by atoms with Gasteiger partial charge in [-0.3, -0.25) is 9.59 Å². The highest BCUT2D eigenvalue weighted by Crippen LogP contribution is 2.31. The van der Waals surface area contributed by atoms with E-state index in [2.05, 4.69) is 9.97 Å². The molecule has 0 radical (unpaired) electrons. The van der Waals surface area contributed by atoms with Crippen molar-refractivity contribution >= 4 is 39.7 Å². The molecule has 0 spiro atoms. The summed E-state index contributed by atoms with van der Waals surface area (Å²) in [7, 11) is 0. The van der Waals surface area contributed by atoms with Gasteiger partial charge in [-0.2, -0.15) is 0 Å². The number of benzene rings is 1. The van der Waals surface area contributed by atoms with Crippen molar-refractivity contribution < 1.29 is 19.4 Å². The molecule has 0 aliphatic rings. The molecule has 0 unspecified atom stereocenters. The van der Waals surface area contributed by atoms with Crippen LogP contribution in [0.25, 0.3) is 21.9 Å². The first-order chi connectivity index (χ1) is 12.0. The van der Waals surface area contributed by atoms with E-state index >= 15 is 0 Å². The molecule has 0 saturated heterocycles. The van der Waals surface area contributed by atoms with Crippen LogP contribution in [-0.4, -0.2) is 38.2 Å². The number of carboxylic acids is 1. The molecular weight excluding hydrogens is 324 g/mol. The van der Waals surface area contributed by atoms with Gasteiger partial charge in [-0.25, -0.2) is 9.97 Å². The number of nitrogen functional groups attached to an aromatic ring is 1. The molecule has 0 atom stereocenters. The van der Waals surface area contributed by atoms with Crippen LogP contribution < -0.4 is 5.73 Å². The average Bonchev–Trinajstić information content (AvgIpc) is 2.87. The molecule has 1 aromatic carbocycles. The third kappa shape index (κ3) is 3.23. The normalized spacial score (nSPS) is 11.1. The summed E-state index contributed by atoms with van der Waals surface area (Å²) >= 11 is 0. The first-order valence-electron chi connectivity index (χ1n) is 7.90. The number of anilines is 1. The van der Waals surface area contributed by atoms with Crippen LogP contribution >= 0.6 is 0 Å². The van der Waals surface area contributed by atoms with Crippen LogP contribution in [-0.2, 0) is 27.3 Å². The highest BCUT2D eigenvalue weighted by molar-refractivity contribution is 6.11. The number of aryl methyl sites for hydroxylation is 1. The Kier molecular flexibility index (Phi) is 4.51. The third-order valence-electron chi connectivity index (χ3n) is 3.95. The van der Waals surface area contributed by atoms with Gasteiger partial charge in [0.25, 0.3) is 0 Å². The quantitative estimate of drug-likeness (QED) is 0.655. The zero-order valence-electron chi connectivity index (χ0n) is 13.7. The largest absolute Gasteiger partial charge is 0.480 e. The molecule has 0 bridgehead atoms. The summed E-state index contributed by atoms with van der Waals surface area (Å²) in [4.78, 5) is 30.9. The number of hydrogen-bond donors (Lipinski definition) is 2. The maximum Gasteiger partial charge on any atom is 0.323 e. The molecule has 8 nitrogen and oxygen atoms in total. The van der Waals surface area contributed by atoms with Crippen LogP contribution in [0, 0.1) is 0 Å². The van der Waals surface area contributed by atoms with E-state index in [9.17, 15) is 14.7 Å². The number of fused-ring (bicyclic) bond motifs is 3. The lowest BCUT2D eigenvalue weighted by Crippen LogP contribution is -2.09. The summed E-state index contributed by atoms with van der Waals surface area (Å²) in [6.07, 6.45) is 2.11. The van der Waals surface area contributed by atoms with Crippen molar-refractivity contribution in [1.29, 1.82) is 0 Å². The van der Waals surface area contributed by atoms with Crippen molar-refractivity contribution in [3.05, 3.63) is 30.1 Å². The van der Waals surface area contributed by atoms with Crippen LogP contribution in [0.3, 0.4) is 0 Å². The van der Waals surface area contributed by atoms with Crippen molar-refractivity contribution in [1.82, 2.24) is 14.5 Å². The van der Waals surface area contributed by atoms with Crippen LogP contribution in [0.4, 0.5) is 5.82 Å². The Morgan fingerprint density at radius 2 is 2.12 bits per heavy atom. The standard InChI is InChI=1S/C17H18N4O4/c1-2-25-14(24)6-4-10-3-5-12-11(7-10)15-16(18)19-9-20-17(15)21(12)8-13(22)23/h3,5,7,9H,2,4,6,8H2,1H3,(H,22,23)(H2,18,19,20). The van der Waals surface area contributed by atoms with Crippen LogP contribution in [0.2, 0.25) is 0 Å². The number of carboxylic acid groups (broad SMARTS) is 1. The van der Waals surface area contributed by atoms with Gasteiger partial charge in [0.05, 0.1) is 17.5 Å². The minimum Gasteiger partial charge on any atom is -0.480 e. The van der Waals surface area contributed by atoms with E-state index in [1.807, 2.05) is 18.2 Å². The number of aromatic nitrogens is 3. The number of carbonyl (C=O) groups excluding carboxylic acids is 1. The van der Waals surface area contributed by atoms with Gasteiger partial charge in [0, 0.05) is 11.8 Å². The lowest BCUT2D eigenvalue weighted by Gasteiger charge is -2.04. The number of nitrogens with zero attached hydrogens (tertiary/aromatic N) is 3. The predicted molar refractivity (Wildman–Crippen MR) is 92.0 cm³/mol. The van der Waals surface area contributed by atoms with E-state index in [0.29, 0.717) is 35.4 Å². The fourth-order valence-electron chi connectivity index (χ4n) is 2.92. The molecule has 3 aromatic rings. The molecule has 25 heavy (non-hydrogen) atoms. The second-order valence-corrected chi connectivity index (χ2v) is 5.59. The number of ether oxygens (including phenoxy) is 1. The minimum atomic E-state index is -0.970. The van der Waals surface area contributed by atoms with E-state index in [1.165, 1.54) is 6.33 Å². The van der Waals surface area contributed by atoms with Crippen molar-refractivity contribution in [2.45, 2.75) is 26.3 Å². The van der Waals surface area contributed by atoms with Gasteiger partial charge < -0.3 is 20.1 Å². The Labute approximate surface area is 143 Å². The zero-order chi connectivity index (χ0) is 18.0. The number of esters is 1. The number of hydrogen-bond acceptors (Lipinski definition) is 6. The number of aliphatic carboxylic acids is 1. The highest BCUT2D eigenvalue weighted by Gasteiger charge is 2.17. The molecule has 0 amide bonds. The summed E-state index contributed by atoms with van der Waals surface area (Å²) in [5, 5.41) is 10.6. The lowest BCUT2D eigenvalue weighted by molar-refractivity contribution is -0.143. The topological polar surface area (TPSA) is 120 Å². The summed E-state index contributed by atoms with van der Waals surface area (Å²) in [6, 6.07) is 5.58. The fraction of sp³-hybridized carbons (Fsp3) is 0.294.